The lowest BCUT2D eigenvalue weighted by Gasteiger charge is -2.14. The lowest BCUT2D eigenvalue weighted by atomic mass is 9.98. The molecule has 2 aromatic rings. The summed E-state index contributed by atoms with van der Waals surface area (Å²) in [6, 6.07) is 16.3. The van der Waals surface area contributed by atoms with E-state index in [-0.39, 0.29) is 50.6 Å². The number of ether oxygens (including phenoxy) is 2. The third-order valence-electron chi connectivity index (χ3n) is 4.81. The summed E-state index contributed by atoms with van der Waals surface area (Å²) in [5, 5.41) is 7.59. The summed E-state index contributed by atoms with van der Waals surface area (Å²) in [7, 11) is 1.49. The quantitative estimate of drug-likeness (QED) is 0.541. The number of fused-ring (bicyclic) bond motifs is 3. The number of hydrogen-bond donors (Lipinski definition) is 3. The molecule has 158 valence electrons. The molecule has 0 spiro atoms. The first-order valence-electron chi connectivity index (χ1n) is 9.74. The standard InChI is InChI=1S/C22H25N3O5/c1-23-20(26)13-29-14-21(27)24-10-11-25-22(28)30-12-19-17-8-4-2-6-15(17)16-7-3-5-9-18(16)19/h2-9,19H,10-14H2,1H3,(H,23,26)(H,24,27)(H,25,28). The molecule has 0 heterocycles. The van der Waals surface area contributed by atoms with E-state index < -0.39 is 6.09 Å². The SMILES string of the molecule is CNC(=O)COCC(=O)NCCNC(=O)OCC1c2ccccc2-c2ccccc21. The maximum Gasteiger partial charge on any atom is 0.407 e. The molecular weight excluding hydrogens is 386 g/mol. The number of hydrogen-bond acceptors (Lipinski definition) is 5. The van der Waals surface area contributed by atoms with Crippen LogP contribution in [0.5, 0.6) is 0 Å². The molecule has 2 aromatic carbocycles. The Hall–Kier alpha value is -3.39. The van der Waals surface area contributed by atoms with E-state index in [1.54, 1.807) is 0 Å². The number of benzene rings is 2. The number of likely N-dealkylation sites (N-methyl/N-ethyl adjacent to an activating group) is 1. The van der Waals surface area contributed by atoms with Crippen molar-refractivity contribution in [1.29, 1.82) is 0 Å². The van der Waals surface area contributed by atoms with Crippen molar-refractivity contribution >= 4 is 17.9 Å². The number of carbonyl (C=O) groups excluding carboxylic acids is 3. The van der Waals surface area contributed by atoms with Crippen molar-refractivity contribution in [3.8, 4) is 11.1 Å². The Kier molecular flexibility index (Phi) is 7.40. The minimum atomic E-state index is -0.540. The van der Waals surface area contributed by atoms with Crippen LogP contribution in [0.1, 0.15) is 17.0 Å². The highest BCUT2D eigenvalue weighted by atomic mass is 16.5. The Morgan fingerprint density at radius 2 is 1.40 bits per heavy atom. The molecule has 1 aliphatic rings. The summed E-state index contributed by atoms with van der Waals surface area (Å²) in [5.41, 5.74) is 4.64. The summed E-state index contributed by atoms with van der Waals surface area (Å²) in [6.45, 7) is 0.282. The Morgan fingerprint density at radius 1 is 0.833 bits per heavy atom. The van der Waals surface area contributed by atoms with Crippen LogP contribution in [-0.2, 0) is 19.1 Å². The lowest BCUT2D eigenvalue weighted by molar-refractivity contribution is -0.130. The molecule has 0 atom stereocenters. The minimum Gasteiger partial charge on any atom is -0.449 e. The Morgan fingerprint density at radius 3 is 2.03 bits per heavy atom. The van der Waals surface area contributed by atoms with E-state index in [0.29, 0.717) is 0 Å². The van der Waals surface area contributed by atoms with Crippen LogP contribution < -0.4 is 16.0 Å². The zero-order valence-corrected chi connectivity index (χ0v) is 16.8. The molecule has 0 saturated carbocycles. The summed E-state index contributed by atoms with van der Waals surface area (Å²) in [4.78, 5) is 34.6. The predicted molar refractivity (Wildman–Crippen MR) is 111 cm³/mol. The average molecular weight is 411 g/mol. The third kappa shape index (κ3) is 5.36. The number of alkyl carbamates (subject to hydrolysis) is 1. The molecule has 3 N–H and O–H groups in total. The smallest absolute Gasteiger partial charge is 0.407 e. The van der Waals surface area contributed by atoms with Crippen LogP contribution in [0.2, 0.25) is 0 Å². The van der Waals surface area contributed by atoms with Crippen LogP contribution in [0.4, 0.5) is 4.79 Å². The van der Waals surface area contributed by atoms with E-state index in [0.717, 1.165) is 11.1 Å². The normalized spacial score (nSPS) is 11.9. The fourth-order valence-corrected chi connectivity index (χ4v) is 3.38. The van der Waals surface area contributed by atoms with Crippen molar-refractivity contribution < 1.29 is 23.9 Å². The van der Waals surface area contributed by atoms with Gasteiger partial charge in [0, 0.05) is 26.1 Å². The highest BCUT2D eigenvalue weighted by molar-refractivity contribution is 5.80. The second-order valence-corrected chi connectivity index (χ2v) is 6.77. The van der Waals surface area contributed by atoms with Gasteiger partial charge in [-0.1, -0.05) is 48.5 Å². The van der Waals surface area contributed by atoms with Crippen LogP contribution in [0, 0.1) is 0 Å². The average Bonchev–Trinajstić information content (AvgIpc) is 3.09. The molecule has 0 bridgehead atoms. The molecule has 0 fully saturated rings. The molecule has 0 unspecified atom stereocenters. The predicted octanol–water partition coefficient (Wildman–Crippen LogP) is 1.40. The van der Waals surface area contributed by atoms with Gasteiger partial charge in [-0.25, -0.2) is 4.79 Å². The first kappa shape index (κ1) is 21.3. The third-order valence-corrected chi connectivity index (χ3v) is 4.81. The molecule has 8 heteroatoms. The lowest BCUT2D eigenvalue weighted by Crippen LogP contribution is -2.37. The second kappa shape index (κ2) is 10.4. The van der Waals surface area contributed by atoms with E-state index >= 15 is 0 Å². The van der Waals surface area contributed by atoms with Crippen LogP contribution in [-0.4, -0.2) is 57.9 Å². The van der Waals surface area contributed by atoms with Crippen LogP contribution in [0.25, 0.3) is 11.1 Å². The van der Waals surface area contributed by atoms with Crippen LogP contribution in [0.3, 0.4) is 0 Å². The van der Waals surface area contributed by atoms with E-state index in [4.69, 9.17) is 9.47 Å². The molecular formula is C22H25N3O5. The van der Waals surface area contributed by atoms with E-state index in [9.17, 15) is 14.4 Å². The van der Waals surface area contributed by atoms with Gasteiger partial charge < -0.3 is 25.4 Å². The number of nitrogens with one attached hydrogen (secondary N) is 3. The molecule has 0 saturated heterocycles. The van der Waals surface area contributed by atoms with Crippen molar-refractivity contribution in [3.05, 3.63) is 59.7 Å². The van der Waals surface area contributed by atoms with Crippen molar-refractivity contribution in [2.45, 2.75) is 5.92 Å². The summed E-state index contributed by atoms with van der Waals surface area (Å²) in [6.07, 6.45) is -0.540. The van der Waals surface area contributed by atoms with Gasteiger partial charge in [-0.15, -0.1) is 0 Å². The van der Waals surface area contributed by atoms with Crippen molar-refractivity contribution in [3.63, 3.8) is 0 Å². The van der Waals surface area contributed by atoms with Gasteiger partial charge in [0.25, 0.3) is 0 Å². The van der Waals surface area contributed by atoms with Gasteiger partial charge in [0.05, 0.1) is 0 Å². The molecule has 8 nitrogen and oxygen atoms in total. The van der Waals surface area contributed by atoms with Gasteiger partial charge in [-0.05, 0) is 22.3 Å². The number of carbonyl (C=O) groups is 3. The van der Waals surface area contributed by atoms with E-state index in [1.165, 1.54) is 18.2 Å². The first-order valence-corrected chi connectivity index (χ1v) is 9.74. The van der Waals surface area contributed by atoms with Crippen molar-refractivity contribution in [2.24, 2.45) is 0 Å². The highest BCUT2D eigenvalue weighted by Gasteiger charge is 2.28. The molecule has 0 radical (unpaired) electrons. The number of amides is 3. The topological polar surface area (TPSA) is 106 Å². The molecule has 30 heavy (non-hydrogen) atoms. The number of rotatable bonds is 9. The summed E-state index contributed by atoms with van der Waals surface area (Å²) < 4.78 is 10.4. The molecule has 0 aromatic heterocycles. The Bertz CT molecular complexity index is 870. The van der Waals surface area contributed by atoms with Gasteiger partial charge in [-0.2, -0.15) is 0 Å². The van der Waals surface area contributed by atoms with Crippen LogP contribution >= 0.6 is 0 Å². The zero-order chi connectivity index (χ0) is 21.3. The molecule has 0 aliphatic heterocycles. The zero-order valence-electron chi connectivity index (χ0n) is 16.8. The van der Waals surface area contributed by atoms with Crippen molar-refractivity contribution in [2.75, 3.05) is 40.0 Å². The first-order chi connectivity index (χ1) is 14.6. The molecule has 3 rings (SSSR count). The minimum absolute atomic E-state index is 0.000299. The summed E-state index contributed by atoms with van der Waals surface area (Å²) >= 11 is 0. The van der Waals surface area contributed by atoms with Gasteiger partial charge in [-0.3, -0.25) is 9.59 Å². The largest absolute Gasteiger partial charge is 0.449 e. The van der Waals surface area contributed by atoms with E-state index in [2.05, 4.69) is 40.2 Å². The van der Waals surface area contributed by atoms with Gasteiger partial charge >= 0.3 is 6.09 Å². The monoisotopic (exact) mass is 411 g/mol. The van der Waals surface area contributed by atoms with Crippen LogP contribution in [0.15, 0.2) is 48.5 Å². The summed E-state index contributed by atoms with van der Waals surface area (Å²) in [5.74, 6) is -0.673. The highest BCUT2D eigenvalue weighted by Crippen LogP contribution is 2.44. The molecule has 1 aliphatic carbocycles. The van der Waals surface area contributed by atoms with Gasteiger partial charge in [0.15, 0.2) is 0 Å². The van der Waals surface area contributed by atoms with E-state index in [1.807, 2.05) is 24.3 Å². The van der Waals surface area contributed by atoms with Crippen molar-refractivity contribution in [1.82, 2.24) is 16.0 Å². The fraction of sp³-hybridized carbons (Fsp3) is 0.318. The Labute approximate surface area is 174 Å². The van der Waals surface area contributed by atoms with Gasteiger partial charge in [0.1, 0.15) is 19.8 Å². The maximum absolute atomic E-state index is 12.0. The molecule has 3 amide bonds. The maximum atomic E-state index is 12.0. The van der Waals surface area contributed by atoms with Gasteiger partial charge in [0.2, 0.25) is 11.8 Å². The Balaban J connectivity index is 1.38. The second-order valence-electron chi connectivity index (χ2n) is 6.77. The fourth-order valence-electron chi connectivity index (χ4n) is 3.38.